The second-order valence-corrected chi connectivity index (χ2v) is 8.91. The number of carbonyl (C=O) groups excluding carboxylic acids is 2. The van der Waals surface area contributed by atoms with Gasteiger partial charge in [-0.1, -0.05) is 71.7 Å². The molecule has 1 amide bonds. The van der Waals surface area contributed by atoms with E-state index in [9.17, 15) is 14.7 Å². The van der Waals surface area contributed by atoms with Crippen LogP contribution in [0, 0.1) is 0 Å². The van der Waals surface area contributed by atoms with Crippen molar-refractivity contribution >= 4 is 57.1 Å². The molecular weight excluding hydrogens is 485 g/mol. The summed E-state index contributed by atoms with van der Waals surface area (Å²) >= 11 is 12.5. The van der Waals surface area contributed by atoms with Gasteiger partial charge in [-0.3, -0.25) is 14.5 Å². The zero-order valence-corrected chi connectivity index (χ0v) is 20.0. The van der Waals surface area contributed by atoms with Crippen LogP contribution in [0.25, 0.3) is 16.5 Å². The van der Waals surface area contributed by atoms with Crippen molar-refractivity contribution in [3.05, 3.63) is 112 Å². The summed E-state index contributed by atoms with van der Waals surface area (Å²) in [6.07, 6.45) is 0. The van der Waals surface area contributed by atoms with Crippen LogP contribution in [0.3, 0.4) is 0 Å². The van der Waals surface area contributed by atoms with Gasteiger partial charge < -0.3 is 9.84 Å². The van der Waals surface area contributed by atoms with Crippen molar-refractivity contribution in [2.45, 2.75) is 6.04 Å². The number of nitrogens with zero attached hydrogens (tertiary/aromatic N) is 1. The molecule has 1 saturated heterocycles. The van der Waals surface area contributed by atoms with Crippen molar-refractivity contribution in [3.8, 4) is 5.75 Å². The van der Waals surface area contributed by atoms with E-state index in [4.69, 9.17) is 27.9 Å². The number of halogens is 2. The van der Waals surface area contributed by atoms with Crippen molar-refractivity contribution in [2.24, 2.45) is 0 Å². The molecule has 1 N–H and O–H groups in total. The minimum atomic E-state index is -0.888. The zero-order valence-electron chi connectivity index (χ0n) is 18.5. The summed E-state index contributed by atoms with van der Waals surface area (Å²) in [5.41, 5.74) is 1.41. The highest BCUT2D eigenvalue weighted by atomic mass is 35.5. The van der Waals surface area contributed by atoms with Gasteiger partial charge in [0.05, 0.1) is 23.7 Å². The molecule has 5 rings (SSSR count). The first-order chi connectivity index (χ1) is 16.9. The number of hydrogen-bond acceptors (Lipinski definition) is 4. The van der Waals surface area contributed by atoms with E-state index < -0.39 is 17.7 Å². The normalized spacial score (nSPS) is 17.2. The van der Waals surface area contributed by atoms with Gasteiger partial charge in [0, 0.05) is 16.3 Å². The number of aliphatic hydroxyl groups is 1. The van der Waals surface area contributed by atoms with Crippen molar-refractivity contribution < 1.29 is 19.4 Å². The summed E-state index contributed by atoms with van der Waals surface area (Å²) in [6.45, 7) is 0. The summed E-state index contributed by atoms with van der Waals surface area (Å²) in [4.78, 5) is 28.2. The number of aliphatic hydroxyl groups excluding tert-OH is 1. The van der Waals surface area contributed by atoms with E-state index in [1.165, 1.54) is 18.1 Å². The molecule has 0 aliphatic carbocycles. The van der Waals surface area contributed by atoms with Gasteiger partial charge in [0.25, 0.3) is 11.7 Å². The molecule has 0 aromatic heterocycles. The number of benzene rings is 4. The Labute approximate surface area is 211 Å². The fourth-order valence-corrected chi connectivity index (χ4v) is 4.92. The lowest BCUT2D eigenvalue weighted by atomic mass is 9.91. The van der Waals surface area contributed by atoms with Crippen LogP contribution in [-0.4, -0.2) is 23.9 Å². The first-order valence-corrected chi connectivity index (χ1v) is 11.5. The first-order valence-electron chi connectivity index (χ1n) is 10.8. The second kappa shape index (κ2) is 9.10. The van der Waals surface area contributed by atoms with Gasteiger partial charge in [0.2, 0.25) is 0 Å². The Bertz CT molecular complexity index is 1520. The number of Topliss-reactive ketones (excluding diaryl/α,β-unsaturated/α-hetero) is 1. The molecular formula is C28H19Cl2NO4. The molecule has 4 aromatic rings. The fourth-order valence-electron chi connectivity index (χ4n) is 4.48. The number of rotatable bonds is 4. The van der Waals surface area contributed by atoms with E-state index in [0.717, 1.165) is 10.8 Å². The van der Waals surface area contributed by atoms with E-state index in [0.29, 0.717) is 27.6 Å². The Morgan fingerprint density at radius 3 is 2.40 bits per heavy atom. The number of fused-ring (bicyclic) bond motifs is 1. The van der Waals surface area contributed by atoms with E-state index in [-0.39, 0.29) is 16.4 Å². The highest BCUT2D eigenvalue weighted by Gasteiger charge is 2.47. The van der Waals surface area contributed by atoms with Gasteiger partial charge in [-0.15, -0.1) is 0 Å². The Hall–Kier alpha value is -3.80. The van der Waals surface area contributed by atoms with E-state index >= 15 is 0 Å². The molecule has 0 bridgehead atoms. The predicted molar refractivity (Wildman–Crippen MR) is 138 cm³/mol. The maximum Gasteiger partial charge on any atom is 0.300 e. The van der Waals surface area contributed by atoms with Crippen molar-refractivity contribution in [1.29, 1.82) is 0 Å². The minimum Gasteiger partial charge on any atom is -0.507 e. The SMILES string of the molecule is COc1ccc(/C(O)=C2/C(=O)C(=O)N(c3cccc(Cl)c3)C2c2cccc3ccccc23)cc1Cl. The van der Waals surface area contributed by atoms with Crippen molar-refractivity contribution in [3.63, 3.8) is 0 Å². The van der Waals surface area contributed by atoms with Gasteiger partial charge in [-0.25, -0.2) is 0 Å². The van der Waals surface area contributed by atoms with Crippen LogP contribution >= 0.6 is 23.2 Å². The molecule has 1 atom stereocenters. The number of ether oxygens (including phenoxy) is 1. The molecule has 174 valence electrons. The molecule has 1 heterocycles. The van der Waals surface area contributed by atoms with Gasteiger partial charge in [-0.2, -0.15) is 0 Å². The Kier molecular flexibility index (Phi) is 5.97. The largest absolute Gasteiger partial charge is 0.507 e. The van der Waals surface area contributed by atoms with Gasteiger partial charge in [-0.05, 0) is 52.7 Å². The minimum absolute atomic E-state index is 0.0347. The molecule has 0 spiro atoms. The van der Waals surface area contributed by atoms with Gasteiger partial charge >= 0.3 is 0 Å². The second-order valence-electron chi connectivity index (χ2n) is 8.07. The van der Waals surface area contributed by atoms with E-state index in [1.807, 2.05) is 42.5 Å². The summed E-state index contributed by atoms with van der Waals surface area (Å²) in [5.74, 6) is -1.46. The van der Waals surface area contributed by atoms with Crippen LogP contribution in [0.1, 0.15) is 17.2 Å². The predicted octanol–water partition coefficient (Wildman–Crippen LogP) is 6.78. The lowest BCUT2D eigenvalue weighted by Crippen LogP contribution is -2.29. The van der Waals surface area contributed by atoms with Gasteiger partial charge in [0.15, 0.2) is 0 Å². The topological polar surface area (TPSA) is 66.8 Å². The molecule has 1 aliphatic heterocycles. The molecule has 0 radical (unpaired) electrons. The third kappa shape index (κ3) is 3.93. The first kappa shape index (κ1) is 23.0. The quantitative estimate of drug-likeness (QED) is 0.189. The highest BCUT2D eigenvalue weighted by Crippen LogP contribution is 2.45. The smallest absolute Gasteiger partial charge is 0.300 e. The number of ketones is 1. The Balaban J connectivity index is 1.80. The molecule has 1 unspecified atom stereocenters. The summed E-state index contributed by atoms with van der Waals surface area (Å²) < 4.78 is 5.20. The Morgan fingerprint density at radius 1 is 0.914 bits per heavy atom. The summed E-state index contributed by atoms with van der Waals surface area (Å²) in [6, 6.07) is 23.9. The third-order valence-electron chi connectivity index (χ3n) is 6.07. The molecule has 5 nitrogen and oxygen atoms in total. The molecule has 35 heavy (non-hydrogen) atoms. The lowest BCUT2D eigenvalue weighted by molar-refractivity contribution is -0.132. The number of hydrogen-bond donors (Lipinski definition) is 1. The van der Waals surface area contributed by atoms with E-state index in [1.54, 1.807) is 36.4 Å². The standard InChI is InChI=1S/C28H19Cl2NO4/c1-35-23-13-12-17(14-22(23)30)26(32)24-25(21-11-4-7-16-6-2-3-10-20(16)21)31(28(34)27(24)33)19-9-5-8-18(29)15-19/h2-15,25,32H,1H3/b26-24-. The monoisotopic (exact) mass is 503 g/mol. The maximum absolute atomic E-state index is 13.4. The molecule has 4 aromatic carbocycles. The fraction of sp³-hybridized carbons (Fsp3) is 0.0714. The van der Waals surface area contributed by atoms with Gasteiger partial charge in [0.1, 0.15) is 11.5 Å². The number of carbonyl (C=O) groups is 2. The molecule has 1 fully saturated rings. The molecule has 1 aliphatic rings. The average Bonchev–Trinajstić information content (AvgIpc) is 3.13. The summed E-state index contributed by atoms with van der Waals surface area (Å²) in [5, 5.41) is 13.9. The zero-order chi connectivity index (χ0) is 24.7. The molecule has 0 saturated carbocycles. The number of amides is 1. The maximum atomic E-state index is 13.4. The van der Waals surface area contributed by atoms with Crippen LogP contribution in [0.2, 0.25) is 10.0 Å². The number of methoxy groups -OCH3 is 1. The van der Waals surface area contributed by atoms with Crippen molar-refractivity contribution in [2.75, 3.05) is 12.0 Å². The van der Waals surface area contributed by atoms with Crippen LogP contribution in [0.5, 0.6) is 5.75 Å². The van der Waals surface area contributed by atoms with Crippen molar-refractivity contribution in [1.82, 2.24) is 0 Å². The summed E-state index contributed by atoms with van der Waals surface area (Å²) in [7, 11) is 1.48. The average molecular weight is 504 g/mol. The number of anilines is 1. The van der Waals surface area contributed by atoms with Crippen LogP contribution in [0.15, 0.2) is 90.5 Å². The van der Waals surface area contributed by atoms with Crippen LogP contribution in [-0.2, 0) is 9.59 Å². The van der Waals surface area contributed by atoms with Crippen LogP contribution in [0.4, 0.5) is 5.69 Å². The van der Waals surface area contributed by atoms with Crippen LogP contribution < -0.4 is 9.64 Å². The van der Waals surface area contributed by atoms with E-state index in [2.05, 4.69) is 0 Å². The lowest BCUT2D eigenvalue weighted by Gasteiger charge is -2.26. The molecule has 7 heteroatoms. The Morgan fingerprint density at radius 2 is 1.66 bits per heavy atom. The third-order valence-corrected chi connectivity index (χ3v) is 6.60. The highest BCUT2D eigenvalue weighted by molar-refractivity contribution is 6.52.